The van der Waals surface area contributed by atoms with Gasteiger partial charge in [-0.25, -0.2) is 0 Å². The molecule has 1 aliphatic heterocycles. The Morgan fingerprint density at radius 1 is 1.32 bits per heavy atom. The van der Waals surface area contributed by atoms with Gasteiger partial charge in [0, 0.05) is 35.8 Å². The van der Waals surface area contributed by atoms with Gasteiger partial charge in [0.1, 0.15) is 0 Å². The van der Waals surface area contributed by atoms with E-state index < -0.39 is 0 Å². The fourth-order valence-electron chi connectivity index (χ4n) is 2.86. The number of carbonyl (C=O) groups is 1. The van der Waals surface area contributed by atoms with Crippen molar-refractivity contribution in [3.8, 4) is 0 Å². The molecule has 3 nitrogen and oxygen atoms in total. The van der Waals surface area contributed by atoms with Gasteiger partial charge in [0.05, 0.1) is 5.02 Å². The van der Waals surface area contributed by atoms with Crippen molar-refractivity contribution in [2.75, 3.05) is 19.6 Å². The van der Waals surface area contributed by atoms with E-state index in [-0.39, 0.29) is 12.4 Å². The van der Waals surface area contributed by atoms with Crippen LogP contribution in [0.2, 0.25) is 5.02 Å². The highest BCUT2D eigenvalue weighted by Crippen LogP contribution is 2.28. The number of aryl methyl sites for hydroxylation is 1. The van der Waals surface area contributed by atoms with Gasteiger partial charge in [0.2, 0.25) is 5.91 Å². The van der Waals surface area contributed by atoms with Gasteiger partial charge in [-0.1, -0.05) is 11.6 Å². The number of hydrogen-bond donors (Lipinski definition) is 1. The van der Waals surface area contributed by atoms with Gasteiger partial charge >= 0.3 is 0 Å². The SMILES string of the molecule is Cl.O=C(CCc1cc(Cl)cs1)N1CCC(NCC2CC2)CC1. The summed E-state index contributed by atoms with van der Waals surface area (Å²) in [5, 5.41) is 6.36. The quantitative estimate of drug-likeness (QED) is 0.835. The predicted molar refractivity (Wildman–Crippen MR) is 95.2 cm³/mol. The van der Waals surface area contributed by atoms with Gasteiger partial charge in [-0.2, -0.15) is 0 Å². The summed E-state index contributed by atoms with van der Waals surface area (Å²) in [7, 11) is 0. The number of thiophene rings is 1. The van der Waals surface area contributed by atoms with E-state index in [2.05, 4.69) is 5.32 Å². The summed E-state index contributed by atoms with van der Waals surface area (Å²) >= 11 is 7.55. The summed E-state index contributed by atoms with van der Waals surface area (Å²) in [6.07, 6.45) is 6.42. The first-order valence-electron chi connectivity index (χ1n) is 7.95. The lowest BCUT2D eigenvalue weighted by molar-refractivity contribution is -0.132. The van der Waals surface area contributed by atoms with Crippen LogP contribution in [0.15, 0.2) is 11.4 Å². The third-order valence-corrected chi connectivity index (χ3v) is 5.79. The molecule has 1 N–H and O–H groups in total. The molecule has 1 aromatic rings. The van der Waals surface area contributed by atoms with Crippen molar-refractivity contribution >= 4 is 41.3 Å². The predicted octanol–water partition coefficient (Wildman–Crippen LogP) is 3.75. The zero-order valence-electron chi connectivity index (χ0n) is 12.7. The Kier molecular flexibility index (Phi) is 7.00. The molecule has 0 unspecified atom stereocenters. The number of amides is 1. The fraction of sp³-hybridized carbons (Fsp3) is 0.688. The fourth-order valence-corrected chi connectivity index (χ4v) is 3.94. The Bertz CT molecular complexity index is 482. The van der Waals surface area contributed by atoms with E-state index in [1.807, 2.05) is 16.3 Å². The molecule has 1 saturated carbocycles. The Labute approximate surface area is 147 Å². The van der Waals surface area contributed by atoms with E-state index in [4.69, 9.17) is 11.6 Å². The number of rotatable bonds is 6. The topological polar surface area (TPSA) is 32.3 Å². The minimum atomic E-state index is 0. The zero-order chi connectivity index (χ0) is 14.7. The first-order chi connectivity index (χ1) is 10.2. The highest BCUT2D eigenvalue weighted by Gasteiger charge is 2.25. The van der Waals surface area contributed by atoms with Crippen LogP contribution in [0.1, 0.15) is 37.0 Å². The highest BCUT2D eigenvalue weighted by atomic mass is 35.5. The minimum absolute atomic E-state index is 0. The van der Waals surface area contributed by atoms with Crippen molar-refractivity contribution in [2.24, 2.45) is 5.92 Å². The highest BCUT2D eigenvalue weighted by molar-refractivity contribution is 7.10. The maximum absolute atomic E-state index is 12.2. The lowest BCUT2D eigenvalue weighted by atomic mass is 10.0. The Morgan fingerprint density at radius 2 is 2.05 bits per heavy atom. The van der Waals surface area contributed by atoms with E-state index in [0.29, 0.717) is 18.4 Å². The van der Waals surface area contributed by atoms with Gasteiger partial charge in [-0.15, -0.1) is 23.7 Å². The first-order valence-corrected chi connectivity index (χ1v) is 9.20. The average molecular weight is 363 g/mol. The first kappa shape index (κ1) is 18.1. The number of nitrogens with zero attached hydrogens (tertiary/aromatic N) is 1. The molecule has 2 heterocycles. The Morgan fingerprint density at radius 3 is 2.64 bits per heavy atom. The summed E-state index contributed by atoms with van der Waals surface area (Å²) in [4.78, 5) is 15.5. The molecule has 6 heteroatoms. The second-order valence-corrected chi connectivity index (χ2v) is 7.67. The summed E-state index contributed by atoms with van der Waals surface area (Å²) in [5.74, 6) is 1.22. The molecule has 0 radical (unpaired) electrons. The maximum atomic E-state index is 12.2. The van der Waals surface area contributed by atoms with Crippen molar-refractivity contribution in [3.05, 3.63) is 21.3 Å². The van der Waals surface area contributed by atoms with Crippen molar-refractivity contribution in [3.63, 3.8) is 0 Å². The van der Waals surface area contributed by atoms with Crippen LogP contribution in [-0.2, 0) is 11.2 Å². The van der Waals surface area contributed by atoms with Crippen molar-refractivity contribution in [2.45, 2.75) is 44.6 Å². The molecule has 2 fully saturated rings. The molecule has 124 valence electrons. The van der Waals surface area contributed by atoms with Crippen LogP contribution in [0.25, 0.3) is 0 Å². The largest absolute Gasteiger partial charge is 0.343 e. The van der Waals surface area contributed by atoms with Gasteiger partial charge < -0.3 is 10.2 Å². The van der Waals surface area contributed by atoms with Crippen LogP contribution in [0, 0.1) is 5.92 Å². The van der Waals surface area contributed by atoms with Crippen molar-refractivity contribution in [1.82, 2.24) is 10.2 Å². The number of halogens is 2. The molecule has 0 bridgehead atoms. The molecule has 1 aromatic heterocycles. The number of carbonyl (C=O) groups excluding carboxylic acids is 1. The molecule has 2 aliphatic rings. The van der Waals surface area contributed by atoms with Crippen LogP contribution in [-0.4, -0.2) is 36.5 Å². The molecule has 0 atom stereocenters. The number of nitrogens with one attached hydrogen (secondary N) is 1. The van der Waals surface area contributed by atoms with Gasteiger partial charge in [0.25, 0.3) is 0 Å². The second kappa shape index (κ2) is 8.53. The molecular weight excluding hydrogens is 339 g/mol. The van der Waals surface area contributed by atoms with E-state index in [1.165, 1.54) is 24.3 Å². The molecule has 0 aromatic carbocycles. The zero-order valence-corrected chi connectivity index (χ0v) is 15.1. The van der Waals surface area contributed by atoms with Crippen LogP contribution < -0.4 is 5.32 Å². The number of likely N-dealkylation sites (tertiary alicyclic amines) is 1. The summed E-state index contributed by atoms with van der Waals surface area (Å²) < 4.78 is 0. The minimum Gasteiger partial charge on any atom is -0.343 e. The molecule has 22 heavy (non-hydrogen) atoms. The number of hydrogen-bond acceptors (Lipinski definition) is 3. The van der Waals surface area contributed by atoms with Gasteiger partial charge in [-0.05, 0) is 50.6 Å². The molecule has 0 spiro atoms. The number of piperidine rings is 1. The standard InChI is InChI=1S/C16H23ClN2OS.ClH/c17-13-9-15(21-11-13)3-4-16(20)19-7-5-14(6-8-19)18-10-12-1-2-12;/h9,11-12,14,18H,1-8,10H2;1H. The van der Waals surface area contributed by atoms with Crippen LogP contribution in [0.3, 0.4) is 0 Å². The van der Waals surface area contributed by atoms with E-state index in [1.54, 1.807) is 11.3 Å². The van der Waals surface area contributed by atoms with E-state index >= 15 is 0 Å². The second-order valence-electron chi connectivity index (χ2n) is 6.24. The Hall–Kier alpha value is -0.290. The van der Waals surface area contributed by atoms with Crippen LogP contribution in [0.5, 0.6) is 0 Å². The molecular formula is C16H24Cl2N2OS. The van der Waals surface area contributed by atoms with Crippen molar-refractivity contribution < 1.29 is 4.79 Å². The smallest absolute Gasteiger partial charge is 0.222 e. The average Bonchev–Trinajstić information content (AvgIpc) is 3.24. The molecule has 3 rings (SSSR count). The van der Waals surface area contributed by atoms with Gasteiger partial charge in [0.15, 0.2) is 0 Å². The van der Waals surface area contributed by atoms with Crippen LogP contribution >= 0.6 is 35.3 Å². The maximum Gasteiger partial charge on any atom is 0.222 e. The molecule has 1 saturated heterocycles. The van der Waals surface area contributed by atoms with Gasteiger partial charge in [-0.3, -0.25) is 4.79 Å². The molecule has 1 aliphatic carbocycles. The van der Waals surface area contributed by atoms with E-state index in [0.717, 1.165) is 43.3 Å². The van der Waals surface area contributed by atoms with Crippen molar-refractivity contribution in [1.29, 1.82) is 0 Å². The normalized spacial score (nSPS) is 19.0. The third-order valence-electron chi connectivity index (χ3n) is 4.45. The monoisotopic (exact) mass is 362 g/mol. The lowest BCUT2D eigenvalue weighted by Crippen LogP contribution is -2.45. The molecule has 1 amide bonds. The lowest BCUT2D eigenvalue weighted by Gasteiger charge is -2.32. The summed E-state index contributed by atoms with van der Waals surface area (Å²) in [5.41, 5.74) is 0. The summed E-state index contributed by atoms with van der Waals surface area (Å²) in [6, 6.07) is 2.58. The third kappa shape index (κ3) is 5.41. The van der Waals surface area contributed by atoms with Crippen LogP contribution in [0.4, 0.5) is 0 Å². The summed E-state index contributed by atoms with van der Waals surface area (Å²) in [6.45, 7) is 3.00. The Balaban J connectivity index is 0.00000176. The van der Waals surface area contributed by atoms with E-state index in [9.17, 15) is 4.79 Å².